The Kier molecular flexibility index (Phi) is 2.20. The second-order valence-electron chi connectivity index (χ2n) is 2.02. The largest absolute Gasteiger partial charge is 0.438 e. The molecule has 1 rings (SSSR count). The molecule has 0 fully saturated rings. The summed E-state index contributed by atoms with van der Waals surface area (Å²) in [4.78, 5) is 14.0. The van der Waals surface area contributed by atoms with E-state index in [9.17, 15) is 4.79 Å². The number of hydrogen-bond donors (Lipinski definition) is 0. The molecule has 3 heteroatoms. The molecule has 0 saturated carbocycles. The molecule has 0 aliphatic heterocycles. The number of oxazole rings is 1. The van der Waals surface area contributed by atoms with Gasteiger partial charge in [0.25, 0.3) is 0 Å². The van der Waals surface area contributed by atoms with Crippen LogP contribution >= 0.6 is 0 Å². The lowest BCUT2D eigenvalue weighted by Gasteiger charge is -1.85. The summed E-state index contributed by atoms with van der Waals surface area (Å²) in [5, 5.41) is 0. The van der Waals surface area contributed by atoms with Crippen molar-refractivity contribution in [1.82, 2.24) is 4.98 Å². The molecule has 0 saturated heterocycles. The predicted molar refractivity (Wildman–Crippen MR) is 35.9 cm³/mol. The van der Waals surface area contributed by atoms with E-state index in [1.54, 1.807) is 0 Å². The van der Waals surface area contributed by atoms with Gasteiger partial charge in [0.1, 0.15) is 0 Å². The molecule has 0 unspecified atom stereocenters. The van der Waals surface area contributed by atoms with Crippen molar-refractivity contribution < 1.29 is 9.21 Å². The fraction of sp³-hybridized carbons (Fsp3) is 0.429. The summed E-state index contributed by atoms with van der Waals surface area (Å²) >= 11 is 0. The lowest BCUT2D eigenvalue weighted by Crippen LogP contribution is -1.79. The first kappa shape index (κ1) is 6.99. The van der Waals surface area contributed by atoms with Gasteiger partial charge >= 0.3 is 0 Å². The van der Waals surface area contributed by atoms with Crippen LogP contribution in [0.15, 0.2) is 10.6 Å². The minimum absolute atomic E-state index is 0.309. The summed E-state index contributed by atoms with van der Waals surface area (Å²) in [5.74, 6) is 0.952. The number of aromatic nitrogens is 1. The summed E-state index contributed by atoms with van der Waals surface area (Å²) < 4.78 is 4.99. The van der Waals surface area contributed by atoms with Crippen LogP contribution in [0.2, 0.25) is 0 Å². The van der Waals surface area contributed by atoms with Crippen LogP contribution in [-0.4, -0.2) is 11.3 Å². The van der Waals surface area contributed by atoms with E-state index < -0.39 is 0 Å². The third-order valence-electron chi connectivity index (χ3n) is 1.15. The van der Waals surface area contributed by atoms with Crippen LogP contribution in [0.5, 0.6) is 0 Å². The quantitative estimate of drug-likeness (QED) is 0.595. The van der Waals surface area contributed by atoms with Gasteiger partial charge in [0.05, 0.1) is 6.20 Å². The average molecular weight is 139 g/mol. The molecule has 0 aliphatic rings. The maximum absolute atomic E-state index is 10.1. The molecule has 10 heavy (non-hydrogen) atoms. The lowest BCUT2D eigenvalue weighted by molar-refractivity contribution is 0.109. The standard InChI is InChI=1S/C7H9NO2/c1-2-3-7-8-4-6(5-9)10-7/h4-5H,2-3H2,1H3. The number of hydrogen-bond acceptors (Lipinski definition) is 3. The van der Waals surface area contributed by atoms with E-state index in [1.807, 2.05) is 6.92 Å². The maximum atomic E-state index is 10.1. The molecular weight excluding hydrogens is 130 g/mol. The van der Waals surface area contributed by atoms with E-state index in [0.29, 0.717) is 17.9 Å². The van der Waals surface area contributed by atoms with Gasteiger partial charge < -0.3 is 4.42 Å². The number of carbonyl (C=O) groups excluding carboxylic acids is 1. The Hall–Kier alpha value is -1.12. The summed E-state index contributed by atoms with van der Waals surface area (Å²) in [5.41, 5.74) is 0. The van der Waals surface area contributed by atoms with E-state index in [1.165, 1.54) is 6.20 Å². The van der Waals surface area contributed by atoms with Crippen molar-refractivity contribution in [3.05, 3.63) is 17.8 Å². The molecule has 54 valence electrons. The van der Waals surface area contributed by atoms with Gasteiger partial charge in [0.15, 0.2) is 17.9 Å². The zero-order chi connectivity index (χ0) is 7.40. The summed E-state index contributed by atoms with van der Waals surface area (Å²) in [6.45, 7) is 2.03. The molecule has 0 atom stereocenters. The lowest BCUT2D eigenvalue weighted by atomic mass is 10.3. The van der Waals surface area contributed by atoms with Crippen molar-refractivity contribution >= 4 is 6.29 Å². The van der Waals surface area contributed by atoms with Crippen molar-refractivity contribution in [2.75, 3.05) is 0 Å². The number of nitrogens with zero attached hydrogens (tertiary/aromatic N) is 1. The zero-order valence-corrected chi connectivity index (χ0v) is 5.83. The number of carbonyl (C=O) groups is 1. The van der Waals surface area contributed by atoms with E-state index in [2.05, 4.69) is 4.98 Å². The Bertz CT molecular complexity index is 217. The predicted octanol–water partition coefficient (Wildman–Crippen LogP) is 1.44. The molecule has 0 aromatic carbocycles. The van der Waals surface area contributed by atoms with Crippen molar-refractivity contribution in [3.63, 3.8) is 0 Å². The molecule has 1 aromatic heterocycles. The molecule has 3 nitrogen and oxygen atoms in total. The highest BCUT2D eigenvalue weighted by Crippen LogP contribution is 2.02. The van der Waals surface area contributed by atoms with E-state index in [0.717, 1.165) is 12.8 Å². The Morgan fingerprint density at radius 2 is 2.60 bits per heavy atom. The highest BCUT2D eigenvalue weighted by molar-refractivity contribution is 5.69. The molecule has 0 aliphatic carbocycles. The van der Waals surface area contributed by atoms with Crippen molar-refractivity contribution in [2.24, 2.45) is 0 Å². The Balaban J connectivity index is 2.68. The van der Waals surface area contributed by atoms with Crippen molar-refractivity contribution in [2.45, 2.75) is 19.8 Å². The minimum atomic E-state index is 0.309. The highest BCUT2D eigenvalue weighted by atomic mass is 16.4. The topological polar surface area (TPSA) is 43.1 Å². The van der Waals surface area contributed by atoms with Gasteiger partial charge in [0, 0.05) is 6.42 Å². The van der Waals surface area contributed by atoms with E-state index in [4.69, 9.17) is 4.42 Å². The molecule has 0 radical (unpaired) electrons. The molecule has 0 amide bonds. The molecule has 0 spiro atoms. The first-order valence-corrected chi connectivity index (χ1v) is 3.26. The zero-order valence-electron chi connectivity index (χ0n) is 5.83. The van der Waals surface area contributed by atoms with Gasteiger partial charge in [0.2, 0.25) is 0 Å². The van der Waals surface area contributed by atoms with E-state index in [-0.39, 0.29) is 0 Å². The monoisotopic (exact) mass is 139 g/mol. The fourth-order valence-corrected chi connectivity index (χ4v) is 0.708. The second-order valence-corrected chi connectivity index (χ2v) is 2.02. The van der Waals surface area contributed by atoms with Gasteiger partial charge in [-0.05, 0) is 6.42 Å². The van der Waals surface area contributed by atoms with Gasteiger partial charge in [-0.25, -0.2) is 4.98 Å². The Morgan fingerprint density at radius 3 is 3.10 bits per heavy atom. The Labute approximate surface area is 59.1 Å². The third kappa shape index (κ3) is 1.43. The maximum Gasteiger partial charge on any atom is 0.195 e. The normalized spacial score (nSPS) is 9.70. The van der Waals surface area contributed by atoms with Crippen LogP contribution in [0.4, 0.5) is 0 Å². The number of rotatable bonds is 3. The third-order valence-corrected chi connectivity index (χ3v) is 1.15. The second kappa shape index (κ2) is 3.15. The summed E-state index contributed by atoms with van der Waals surface area (Å²) in [6.07, 6.45) is 3.89. The van der Waals surface area contributed by atoms with Crippen LogP contribution in [-0.2, 0) is 6.42 Å². The highest BCUT2D eigenvalue weighted by Gasteiger charge is 1.99. The fourth-order valence-electron chi connectivity index (χ4n) is 0.708. The molecule has 0 bridgehead atoms. The molecule has 1 heterocycles. The van der Waals surface area contributed by atoms with Crippen LogP contribution in [0, 0.1) is 0 Å². The summed E-state index contributed by atoms with van der Waals surface area (Å²) in [6, 6.07) is 0. The van der Waals surface area contributed by atoms with Gasteiger partial charge in [-0.2, -0.15) is 0 Å². The van der Waals surface area contributed by atoms with Crippen molar-refractivity contribution in [1.29, 1.82) is 0 Å². The molecular formula is C7H9NO2. The van der Waals surface area contributed by atoms with Crippen LogP contribution < -0.4 is 0 Å². The molecule has 0 N–H and O–H groups in total. The smallest absolute Gasteiger partial charge is 0.195 e. The number of aldehydes is 1. The first-order chi connectivity index (χ1) is 4.86. The summed E-state index contributed by atoms with van der Waals surface area (Å²) in [7, 11) is 0. The van der Waals surface area contributed by atoms with Crippen molar-refractivity contribution in [3.8, 4) is 0 Å². The minimum Gasteiger partial charge on any atom is -0.438 e. The number of aryl methyl sites for hydroxylation is 1. The SMILES string of the molecule is CCCc1ncc(C=O)o1. The first-order valence-electron chi connectivity index (χ1n) is 3.26. The van der Waals surface area contributed by atoms with Gasteiger partial charge in [-0.3, -0.25) is 4.79 Å². The van der Waals surface area contributed by atoms with Crippen LogP contribution in [0.25, 0.3) is 0 Å². The van der Waals surface area contributed by atoms with Gasteiger partial charge in [-0.1, -0.05) is 6.92 Å². The van der Waals surface area contributed by atoms with Crippen LogP contribution in [0.3, 0.4) is 0 Å². The van der Waals surface area contributed by atoms with Gasteiger partial charge in [-0.15, -0.1) is 0 Å². The Morgan fingerprint density at radius 1 is 1.80 bits per heavy atom. The average Bonchev–Trinajstić information content (AvgIpc) is 2.37. The molecule has 1 aromatic rings. The van der Waals surface area contributed by atoms with Crippen LogP contribution in [0.1, 0.15) is 29.8 Å². The van der Waals surface area contributed by atoms with E-state index >= 15 is 0 Å².